The average Bonchev–Trinajstić information content (AvgIpc) is 2.73. The Morgan fingerprint density at radius 1 is 1.11 bits per heavy atom. The minimum Gasteiger partial charge on any atom is -0.505 e. The molecule has 0 spiro atoms. The molecule has 1 unspecified atom stereocenters. The van der Waals surface area contributed by atoms with E-state index in [9.17, 15) is 5.11 Å². The van der Waals surface area contributed by atoms with Crippen molar-refractivity contribution in [1.29, 1.82) is 0 Å². The summed E-state index contributed by atoms with van der Waals surface area (Å²) in [6.07, 6.45) is 1.68. The number of phenols is 1. The molecule has 146 valence electrons. The number of rotatable bonds is 4. The van der Waals surface area contributed by atoms with Crippen molar-refractivity contribution in [2.75, 3.05) is 40.3 Å². The highest BCUT2D eigenvalue weighted by Gasteiger charge is 2.29. The molecule has 28 heavy (non-hydrogen) atoms. The zero-order valence-corrected chi connectivity index (χ0v) is 16.9. The van der Waals surface area contributed by atoms with E-state index in [4.69, 9.17) is 16.3 Å². The molecule has 2 aromatic carbocycles. The number of aromatic hydroxyl groups is 1. The zero-order valence-electron chi connectivity index (χ0n) is 16.1. The standard InChI is InChI=1S/C22H24ClN3O2/c1-25-10-12-26(13-11-25)21(15-5-7-16(28-2)8-6-15)18-14-19(23)17-4-3-9-24-20(17)22(18)27/h3-9,14,21,27H,10-13H2,1-2H3. The van der Waals surface area contributed by atoms with Gasteiger partial charge in [0.2, 0.25) is 0 Å². The fourth-order valence-corrected chi connectivity index (χ4v) is 4.14. The summed E-state index contributed by atoms with van der Waals surface area (Å²) in [6, 6.07) is 13.5. The summed E-state index contributed by atoms with van der Waals surface area (Å²) >= 11 is 6.58. The van der Waals surface area contributed by atoms with Crippen molar-refractivity contribution >= 4 is 22.5 Å². The Labute approximate surface area is 170 Å². The van der Waals surface area contributed by atoms with E-state index in [1.807, 2.05) is 30.3 Å². The van der Waals surface area contributed by atoms with Crippen molar-refractivity contribution in [2.24, 2.45) is 0 Å². The number of ether oxygens (including phenoxy) is 1. The Hall–Kier alpha value is -2.34. The van der Waals surface area contributed by atoms with Crippen LogP contribution >= 0.6 is 11.6 Å². The molecule has 1 N–H and O–H groups in total. The van der Waals surface area contributed by atoms with Crippen molar-refractivity contribution < 1.29 is 9.84 Å². The van der Waals surface area contributed by atoms with Crippen LogP contribution in [0.15, 0.2) is 48.7 Å². The third-order valence-electron chi connectivity index (χ3n) is 5.47. The molecule has 3 aromatic rings. The smallest absolute Gasteiger partial charge is 0.147 e. The lowest BCUT2D eigenvalue weighted by Crippen LogP contribution is -2.46. The lowest BCUT2D eigenvalue weighted by molar-refractivity contribution is 0.126. The van der Waals surface area contributed by atoms with Gasteiger partial charge in [-0.2, -0.15) is 0 Å². The van der Waals surface area contributed by atoms with E-state index in [0.717, 1.165) is 48.4 Å². The van der Waals surface area contributed by atoms with Crippen LogP contribution in [0.25, 0.3) is 10.9 Å². The van der Waals surface area contributed by atoms with E-state index >= 15 is 0 Å². The van der Waals surface area contributed by atoms with E-state index in [1.165, 1.54) is 0 Å². The number of hydrogen-bond donors (Lipinski definition) is 1. The summed E-state index contributed by atoms with van der Waals surface area (Å²) in [5, 5.41) is 12.5. The predicted molar refractivity (Wildman–Crippen MR) is 112 cm³/mol. The number of methoxy groups -OCH3 is 1. The van der Waals surface area contributed by atoms with Crippen LogP contribution in [-0.4, -0.2) is 60.2 Å². The van der Waals surface area contributed by atoms with Crippen LogP contribution in [0, 0.1) is 0 Å². The number of hydrogen-bond acceptors (Lipinski definition) is 5. The van der Waals surface area contributed by atoms with Gasteiger partial charge in [0, 0.05) is 43.3 Å². The third kappa shape index (κ3) is 3.53. The zero-order chi connectivity index (χ0) is 19.7. The van der Waals surface area contributed by atoms with Gasteiger partial charge in [0.15, 0.2) is 0 Å². The molecule has 2 heterocycles. The molecule has 1 saturated heterocycles. The van der Waals surface area contributed by atoms with Gasteiger partial charge in [0.05, 0.1) is 18.2 Å². The number of likely N-dealkylation sites (N-methyl/N-ethyl adjacent to an activating group) is 1. The number of piperazine rings is 1. The fourth-order valence-electron chi connectivity index (χ4n) is 3.87. The maximum absolute atomic E-state index is 11.1. The molecule has 0 aliphatic carbocycles. The summed E-state index contributed by atoms with van der Waals surface area (Å²) in [4.78, 5) is 9.09. The average molecular weight is 398 g/mol. The molecule has 5 nitrogen and oxygen atoms in total. The highest BCUT2D eigenvalue weighted by Crippen LogP contribution is 2.41. The van der Waals surface area contributed by atoms with Crippen LogP contribution in [0.2, 0.25) is 5.02 Å². The van der Waals surface area contributed by atoms with Gasteiger partial charge in [-0.25, -0.2) is 0 Å². The summed E-state index contributed by atoms with van der Waals surface area (Å²) < 4.78 is 5.31. The number of nitrogens with zero attached hydrogens (tertiary/aromatic N) is 3. The quantitative estimate of drug-likeness (QED) is 0.722. The minimum absolute atomic E-state index is 0.108. The number of halogens is 1. The number of fused-ring (bicyclic) bond motifs is 1. The van der Waals surface area contributed by atoms with Crippen LogP contribution in [0.1, 0.15) is 17.2 Å². The Morgan fingerprint density at radius 3 is 2.50 bits per heavy atom. The minimum atomic E-state index is -0.108. The molecule has 6 heteroatoms. The number of aromatic nitrogens is 1. The highest BCUT2D eigenvalue weighted by molar-refractivity contribution is 6.35. The topological polar surface area (TPSA) is 48.8 Å². The maximum atomic E-state index is 11.1. The van der Waals surface area contributed by atoms with Gasteiger partial charge in [-0.05, 0) is 42.9 Å². The summed E-state index contributed by atoms with van der Waals surface area (Å²) in [7, 11) is 3.79. The second kappa shape index (κ2) is 7.95. The van der Waals surface area contributed by atoms with Gasteiger partial charge in [-0.1, -0.05) is 23.7 Å². The molecule has 0 bridgehead atoms. The van der Waals surface area contributed by atoms with E-state index in [-0.39, 0.29) is 11.8 Å². The van der Waals surface area contributed by atoms with Gasteiger partial charge in [-0.15, -0.1) is 0 Å². The van der Waals surface area contributed by atoms with Gasteiger partial charge in [0.1, 0.15) is 17.0 Å². The second-order valence-electron chi connectivity index (χ2n) is 7.21. The Kier molecular flexibility index (Phi) is 5.40. The first kappa shape index (κ1) is 19.0. The predicted octanol–water partition coefficient (Wildman–Crippen LogP) is 3.94. The first-order chi connectivity index (χ1) is 13.6. The number of benzene rings is 2. The van der Waals surface area contributed by atoms with Crippen LogP contribution in [0.3, 0.4) is 0 Å². The number of pyridine rings is 1. The molecule has 1 aliphatic heterocycles. The normalized spacial score (nSPS) is 17.0. The van der Waals surface area contributed by atoms with Gasteiger partial charge < -0.3 is 14.7 Å². The van der Waals surface area contributed by atoms with E-state index in [2.05, 4.69) is 34.0 Å². The van der Waals surface area contributed by atoms with E-state index in [0.29, 0.717) is 10.5 Å². The second-order valence-corrected chi connectivity index (χ2v) is 7.62. The lowest BCUT2D eigenvalue weighted by Gasteiger charge is -2.38. The molecular formula is C22H24ClN3O2. The van der Waals surface area contributed by atoms with Crippen molar-refractivity contribution in [3.63, 3.8) is 0 Å². The fraction of sp³-hybridized carbons (Fsp3) is 0.318. The first-order valence-electron chi connectivity index (χ1n) is 9.41. The third-order valence-corrected chi connectivity index (χ3v) is 5.79. The Balaban J connectivity index is 1.85. The van der Waals surface area contributed by atoms with Crippen LogP contribution in [0.4, 0.5) is 0 Å². The summed E-state index contributed by atoms with van der Waals surface area (Å²) in [5.74, 6) is 1.00. The molecule has 4 rings (SSSR count). The summed E-state index contributed by atoms with van der Waals surface area (Å²) in [5.41, 5.74) is 2.41. The van der Waals surface area contributed by atoms with Crippen molar-refractivity contribution in [3.05, 3.63) is 64.8 Å². The molecule has 1 aliphatic rings. The van der Waals surface area contributed by atoms with E-state index < -0.39 is 0 Å². The Bertz CT molecular complexity index is 969. The molecule has 1 aromatic heterocycles. The summed E-state index contributed by atoms with van der Waals surface area (Å²) in [6.45, 7) is 3.77. The Morgan fingerprint density at radius 2 is 1.82 bits per heavy atom. The van der Waals surface area contributed by atoms with E-state index in [1.54, 1.807) is 13.3 Å². The molecule has 0 amide bonds. The molecule has 0 saturated carbocycles. The highest BCUT2D eigenvalue weighted by atomic mass is 35.5. The molecule has 1 atom stereocenters. The molecule has 1 fully saturated rings. The first-order valence-corrected chi connectivity index (χ1v) is 9.79. The molecular weight excluding hydrogens is 374 g/mol. The van der Waals surface area contributed by atoms with Crippen molar-refractivity contribution in [1.82, 2.24) is 14.8 Å². The van der Waals surface area contributed by atoms with Crippen LogP contribution in [0.5, 0.6) is 11.5 Å². The van der Waals surface area contributed by atoms with Gasteiger partial charge >= 0.3 is 0 Å². The SMILES string of the molecule is COc1ccc(C(c2cc(Cl)c3cccnc3c2O)N2CCN(C)CC2)cc1. The van der Waals surface area contributed by atoms with Crippen molar-refractivity contribution in [3.8, 4) is 11.5 Å². The monoisotopic (exact) mass is 397 g/mol. The number of phenolic OH excluding ortho intramolecular Hbond substituents is 1. The van der Waals surface area contributed by atoms with Crippen LogP contribution < -0.4 is 4.74 Å². The van der Waals surface area contributed by atoms with Gasteiger partial charge in [0.25, 0.3) is 0 Å². The van der Waals surface area contributed by atoms with Crippen molar-refractivity contribution in [2.45, 2.75) is 6.04 Å². The van der Waals surface area contributed by atoms with Crippen LogP contribution in [-0.2, 0) is 0 Å². The molecule has 0 radical (unpaired) electrons. The largest absolute Gasteiger partial charge is 0.505 e. The maximum Gasteiger partial charge on any atom is 0.147 e. The van der Waals surface area contributed by atoms with Gasteiger partial charge in [-0.3, -0.25) is 9.88 Å². The lowest BCUT2D eigenvalue weighted by atomic mass is 9.94.